The van der Waals surface area contributed by atoms with Crippen LogP contribution in [0.1, 0.15) is 77.2 Å². The lowest BCUT2D eigenvalue weighted by Gasteiger charge is -2.34. The molecule has 3 heterocycles. The highest BCUT2D eigenvalue weighted by atomic mass is 32.2. The van der Waals surface area contributed by atoms with Gasteiger partial charge in [-0.05, 0) is 69.7 Å². The van der Waals surface area contributed by atoms with E-state index in [4.69, 9.17) is 9.47 Å². The molecule has 1 aromatic carbocycles. The highest BCUT2D eigenvalue weighted by molar-refractivity contribution is 7.89. The molecule has 2 amide bonds. The Morgan fingerprint density at radius 2 is 1.77 bits per heavy atom. The van der Waals surface area contributed by atoms with Crippen LogP contribution in [0, 0.1) is 5.92 Å². The first-order valence-electron chi connectivity index (χ1n) is 15.1. The predicted octanol–water partition coefficient (Wildman–Crippen LogP) is 5.68. The van der Waals surface area contributed by atoms with E-state index in [2.05, 4.69) is 20.0 Å². The third kappa shape index (κ3) is 8.05. The van der Waals surface area contributed by atoms with Crippen LogP contribution in [0.4, 0.5) is 9.93 Å². The van der Waals surface area contributed by atoms with E-state index < -0.39 is 33.7 Å². The zero-order chi connectivity index (χ0) is 31.5. The van der Waals surface area contributed by atoms with Crippen LogP contribution >= 0.6 is 11.3 Å². The molecule has 2 aromatic heterocycles. The summed E-state index contributed by atoms with van der Waals surface area (Å²) >= 11 is 1.28. The van der Waals surface area contributed by atoms with Gasteiger partial charge in [0.1, 0.15) is 15.9 Å². The molecule has 0 radical (unpaired) electrons. The Morgan fingerprint density at radius 3 is 2.45 bits per heavy atom. The number of carbonyl (C=O) groups excluding carboxylic acids is 2. The van der Waals surface area contributed by atoms with Gasteiger partial charge in [0.25, 0.3) is 0 Å². The van der Waals surface area contributed by atoms with Gasteiger partial charge in [0.05, 0.1) is 17.9 Å². The van der Waals surface area contributed by atoms with Crippen LogP contribution < -0.4 is 14.8 Å². The standard InChI is InChI=1S/C31H41N5O6S2/c1-31(2,3)42-30(38)36-17-7-10-22(19-36)35-44(39,40)23-13-11-21(12-14-23)24(18-20-8-5-6-9-20)27(37)34-29-32-25-15-16-26(41-4)33-28(25)43-29/h11-16,20,22,24,35H,5-10,17-19H2,1-4H3,(H,32,34,37)/t22-,24?/m1/s1. The lowest BCUT2D eigenvalue weighted by Crippen LogP contribution is -2.50. The molecule has 1 unspecified atom stereocenters. The number of anilines is 1. The van der Waals surface area contributed by atoms with Gasteiger partial charge in [-0.25, -0.2) is 27.9 Å². The molecule has 2 atom stereocenters. The van der Waals surface area contributed by atoms with E-state index in [1.165, 1.54) is 11.3 Å². The largest absolute Gasteiger partial charge is 0.481 e. The number of aromatic nitrogens is 2. The number of nitrogens with zero attached hydrogens (tertiary/aromatic N) is 3. The van der Waals surface area contributed by atoms with Gasteiger partial charge in [-0.2, -0.15) is 0 Å². The number of ether oxygens (including phenoxy) is 2. The number of pyridine rings is 1. The second kappa shape index (κ2) is 13.4. The maximum atomic E-state index is 13.7. The van der Waals surface area contributed by atoms with Gasteiger partial charge in [0.15, 0.2) is 5.13 Å². The number of methoxy groups -OCH3 is 1. The molecule has 238 valence electrons. The number of carbonyl (C=O) groups is 2. The molecule has 3 aromatic rings. The number of thiazole rings is 1. The number of sulfonamides is 1. The first kappa shape index (κ1) is 32.1. The SMILES string of the molecule is COc1ccc2nc(NC(=O)C(CC3CCCC3)c3ccc(S(=O)(=O)N[C@@H]4CCCN(C(=O)OC(C)(C)C)C4)cc3)sc2n1. The summed E-state index contributed by atoms with van der Waals surface area (Å²) in [6, 6.07) is 9.67. The Hall–Kier alpha value is -3.29. The molecule has 0 bridgehead atoms. The minimum atomic E-state index is -3.85. The summed E-state index contributed by atoms with van der Waals surface area (Å²) in [5, 5.41) is 3.44. The number of hydrogen-bond acceptors (Lipinski definition) is 9. The van der Waals surface area contributed by atoms with E-state index in [0.29, 0.717) is 53.1 Å². The Morgan fingerprint density at radius 1 is 1.05 bits per heavy atom. The molecule has 2 N–H and O–H groups in total. The Bertz CT molecular complexity index is 1580. The zero-order valence-electron chi connectivity index (χ0n) is 25.7. The number of hydrogen-bond donors (Lipinski definition) is 2. The molecular formula is C31H41N5O6S2. The maximum Gasteiger partial charge on any atom is 0.410 e. The monoisotopic (exact) mass is 643 g/mol. The molecular weight excluding hydrogens is 603 g/mol. The van der Waals surface area contributed by atoms with E-state index >= 15 is 0 Å². The van der Waals surface area contributed by atoms with Gasteiger partial charge in [0.2, 0.25) is 21.8 Å². The van der Waals surface area contributed by atoms with Crippen molar-refractivity contribution in [3.05, 3.63) is 42.0 Å². The van der Waals surface area contributed by atoms with Gasteiger partial charge in [0, 0.05) is 25.2 Å². The van der Waals surface area contributed by atoms with Gasteiger partial charge in [-0.15, -0.1) is 0 Å². The molecule has 2 aliphatic rings. The number of fused-ring (bicyclic) bond motifs is 1. The first-order valence-corrected chi connectivity index (χ1v) is 17.4. The molecule has 2 fully saturated rings. The fourth-order valence-electron chi connectivity index (χ4n) is 5.87. The van der Waals surface area contributed by atoms with Crippen LogP contribution in [-0.2, 0) is 19.6 Å². The molecule has 13 heteroatoms. The van der Waals surface area contributed by atoms with Crippen molar-refractivity contribution in [2.24, 2.45) is 5.92 Å². The summed E-state index contributed by atoms with van der Waals surface area (Å²) in [7, 11) is -2.30. The van der Waals surface area contributed by atoms with E-state index in [9.17, 15) is 18.0 Å². The number of piperidine rings is 1. The Balaban J connectivity index is 1.29. The van der Waals surface area contributed by atoms with Crippen molar-refractivity contribution >= 4 is 48.8 Å². The fourth-order valence-corrected chi connectivity index (χ4v) is 7.96. The van der Waals surface area contributed by atoms with E-state index in [0.717, 1.165) is 31.2 Å². The molecule has 1 aliphatic heterocycles. The number of rotatable bonds is 9. The van der Waals surface area contributed by atoms with Crippen LogP contribution in [-0.4, -0.2) is 67.1 Å². The minimum absolute atomic E-state index is 0.113. The van der Waals surface area contributed by atoms with Crippen molar-refractivity contribution in [1.29, 1.82) is 0 Å². The fraction of sp³-hybridized carbons (Fsp3) is 0.548. The van der Waals surface area contributed by atoms with Crippen molar-refractivity contribution in [1.82, 2.24) is 19.6 Å². The van der Waals surface area contributed by atoms with Crippen molar-refractivity contribution in [2.75, 3.05) is 25.5 Å². The molecule has 1 saturated heterocycles. The topological polar surface area (TPSA) is 140 Å². The van der Waals surface area contributed by atoms with Crippen LogP contribution in [0.25, 0.3) is 10.3 Å². The molecule has 0 spiro atoms. The third-order valence-corrected chi connectivity index (χ3v) is 10.4. The molecule has 1 saturated carbocycles. The number of benzene rings is 1. The van der Waals surface area contributed by atoms with E-state index in [1.54, 1.807) is 69.2 Å². The van der Waals surface area contributed by atoms with Crippen LogP contribution in [0.2, 0.25) is 0 Å². The highest BCUT2D eigenvalue weighted by Gasteiger charge is 2.31. The Kier molecular flexibility index (Phi) is 9.76. The summed E-state index contributed by atoms with van der Waals surface area (Å²) in [6.45, 7) is 6.17. The second-order valence-corrected chi connectivity index (χ2v) is 15.3. The molecule has 11 nitrogen and oxygen atoms in total. The van der Waals surface area contributed by atoms with Crippen LogP contribution in [0.5, 0.6) is 5.88 Å². The van der Waals surface area contributed by atoms with Gasteiger partial charge >= 0.3 is 6.09 Å². The summed E-state index contributed by atoms with van der Waals surface area (Å²) in [6.07, 6.45) is 5.98. The average Bonchev–Trinajstić information content (AvgIpc) is 3.64. The number of nitrogens with one attached hydrogen (secondary N) is 2. The van der Waals surface area contributed by atoms with Crippen molar-refractivity contribution in [2.45, 2.75) is 88.2 Å². The summed E-state index contributed by atoms with van der Waals surface area (Å²) < 4.78 is 40.1. The third-order valence-electron chi connectivity index (χ3n) is 8.02. The summed E-state index contributed by atoms with van der Waals surface area (Å²) in [4.78, 5) is 37.5. The summed E-state index contributed by atoms with van der Waals surface area (Å²) in [5.41, 5.74) is 0.799. The van der Waals surface area contributed by atoms with Gasteiger partial charge in [-0.1, -0.05) is 49.2 Å². The molecule has 1 aliphatic carbocycles. The van der Waals surface area contributed by atoms with E-state index in [-0.39, 0.29) is 17.3 Å². The quantitative estimate of drug-likeness (QED) is 0.304. The molecule has 5 rings (SSSR count). The maximum absolute atomic E-state index is 13.7. The van der Waals surface area contributed by atoms with Gasteiger partial charge in [-0.3, -0.25) is 4.79 Å². The first-order chi connectivity index (χ1) is 20.9. The van der Waals surface area contributed by atoms with Crippen LogP contribution in [0.15, 0.2) is 41.3 Å². The number of amides is 2. The van der Waals surface area contributed by atoms with Crippen molar-refractivity contribution < 1.29 is 27.5 Å². The normalized spacial score (nSPS) is 18.7. The zero-order valence-corrected chi connectivity index (χ0v) is 27.3. The highest BCUT2D eigenvalue weighted by Crippen LogP contribution is 2.36. The minimum Gasteiger partial charge on any atom is -0.481 e. The molecule has 44 heavy (non-hydrogen) atoms. The van der Waals surface area contributed by atoms with E-state index in [1.807, 2.05) is 0 Å². The second-order valence-electron chi connectivity index (χ2n) is 12.6. The van der Waals surface area contributed by atoms with Crippen molar-refractivity contribution in [3.63, 3.8) is 0 Å². The van der Waals surface area contributed by atoms with Crippen LogP contribution in [0.3, 0.4) is 0 Å². The average molecular weight is 644 g/mol. The smallest absolute Gasteiger partial charge is 0.410 e. The predicted molar refractivity (Wildman–Crippen MR) is 170 cm³/mol. The lowest BCUT2D eigenvalue weighted by atomic mass is 9.87. The van der Waals surface area contributed by atoms with Gasteiger partial charge < -0.3 is 19.7 Å². The number of likely N-dealkylation sites (tertiary alicyclic amines) is 1. The van der Waals surface area contributed by atoms with Crippen molar-refractivity contribution in [3.8, 4) is 5.88 Å². The Labute approximate surface area is 262 Å². The summed E-state index contributed by atoms with van der Waals surface area (Å²) in [5.74, 6) is 0.266. The lowest BCUT2D eigenvalue weighted by molar-refractivity contribution is -0.118.